The van der Waals surface area contributed by atoms with Crippen LogP contribution in [0.25, 0.3) is 16.3 Å². The quantitative estimate of drug-likeness (QED) is 0.468. The number of carbonyl (C=O) groups is 2. The highest BCUT2D eigenvalue weighted by molar-refractivity contribution is 7.16. The Morgan fingerprint density at radius 1 is 1.26 bits per heavy atom. The molecule has 0 radical (unpaired) electrons. The second-order valence-corrected chi connectivity index (χ2v) is 7.48. The zero-order valence-electron chi connectivity index (χ0n) is 14.9. The number of hydrogen-bond acceptors (Lipinski definition) is 6. The molecule has 0 saturated heterocycles. The Hall–Kier alpha value is -2.71. The lowest BCUT2D eigenvalue weighted by Gasteiger charge is -2.05. The lowest BCUT2D eigenvalue weighted by atomic mass is 10.3. The molecule has 0 unspecified atom stereocenters. The Morgan fingerprint density at radius 2 is 2.11 bits per heavy atom. The van der Waals surface area contributed by atoms with Gasteiger partial charge in [0, 0.05) is 23.6 Å². The molecule has 2 heterocycles. The highest BCUT2D eigenvalue weighted by Crippen LogP contribution is 2.23. The molecule has 6 nitrogen and oxygen atoms in total. The molecule has 140 valence electrons. The summed E-state index contributed by atoms with van der Waals surface area (Å²) < 4.78 is 12.8. The monoisotopic (exact) mass is 402 g/mol. The van der Waals surface area contributed by atoms with Crippen molar-refractivity contribution in [2.45, 2.75) is 13.0 Å². The molecule has 27 heavy (non-hydrogen) atoms. The summed E-state index contributed by atoms with van der Waals surface area (Å²) in [4.78, 5) is 29.6. The van der Waals surface area contributed by atoms with E-state index in [0.717, 1.165) is 15.1 Å². The maximum atomic E-state index is 12.3. The highest BCUT2D eigenvalue weighted by atomic mass is 32.1. The predicted octanol–water partition coefficient (Wildman–Crippen LogP) is 3.48. The number of fused-ring (bicyclic) bond motifs is 1. The standard InChI is InChI=1S/C19H18N2O4S2/c1-24-13-5-7-16-15(12-13)21(10-9-18(23)25-2)19(27-16)20-17(22)8-6-14-4-3-11-26-14/h3-8,11-12H,9-10H2,1-2H3/b8-6+,20-19?. The van der Waals surface area contributed by atoms with E-state index in [1.54, 1.807) is 24.5 Å². The minimum atomic E-state index is -0.353. The molecule has 0 saturated carbocycles. The van der Waals surface area contributed by atoms with Gasteiger partial charge in [-0.15, -0.1) is 11.3 Å². The number of thiazole rings is 1. The van der Waals surface area contributed by atoms with E-state index in [2.05, 4.69) is 4.99 Å². The Morgan fingerprint density at radius 3 is 2.81 bits per heavy atom. The van der Waals surface area contributed by atoms with Gasteiger partial charge in [-0.05, 0) is 29.7 Å². The number of aromatic nitrogens is 1. The zero-order valence-corrected chi connectivity index (χ0v) is 16.5. The van der Waals surface area contributed by atoms with Crippen molar-refractivity contribution >= 4 is 50.8 Å². The summed E-state index contributed by atoms with van der Waals surface area (Å²) in [5.41, 5.74) is 0.858. The molecule has 0 fully saturated rings. The summed E-state index contributed by atoms with van der Waals surface area (Å²) in [5.74, 6) is 0.0240. The van der Waals surface area contributed by atoms with Crippen molar-refractivity contribution in [2.24, 2.45) is 4.99 Å². The number of methoxy groups -OCH3 is 2. The smallest absolute Gasteiger partial charge is 0.307 e. The summed E-state index contributed by atoms with van der Waals surface area (Å²) in [7, 11) is 2.95. The average molecular weight is 402 g/mol. The van der Waals surface area contributed by atoms with E-state index in [1.165, 1.54) is 24.5 Å². The molecule has 0 aliphatic rings. The maximum Gasteiger partial charge on any atom is 0.307 e. The van der Waals surface area contributed by atoms with E-state index in [-0.39, 0.29) is 18.3 Å². The molecule has 2 aromatic heterocycles. The molecule has 3 aromatic rings. The van der Waals surface area contributed by atoms with Crippen LogP contribution in [0.1, 0.15) is 11.3 Å². The van der Waals surface area contributed by atoms with Crippen molar-refractivity contribution in [2.75, 3.05) is 14.2 Å². The van der Waals surface area contributed by atoms with Crippen LogP contribution >= 0.6 is 22.7 Å². The average Bonchev–Trinajstić information content (AvgIpc) is 3.31. The van der Waals surface area contributed by atoms with E-state index in [9.17, 15) is 9.59 Å². The lowest BCUT2D eigenvalue weighted by molar-refractivity contribution is -0.140. The van der Waals surface area contributed by atoms with Gasteiger partial charge < -0.3 is 14.0 Å². The molecule has 3 rings (SSSR count). The molecule has 0 N–H and O–H groups in total. The van der Waals surface area contributed by atoms with Gasteiger partial charge in [0.25, 0.3) is 5.91 Å². The van der Waals surface area contributed by atoms with Crippen molar-refractivity contribution in [3.63, 3.8) is 0 Å². The SMILES string of the molecule is COC(=O)CCn1c(=NC(=O)/C=C/c2cccs2)sc2ccc(OC)cc21. The number of ether oxygens (including phenoxy) is 2. The van der Waals surface area contributed by atoms with Gasteiger partial charge >= 0.3 is 5.97 Å². The number of amides is 1. The van der Waals surface area contributed by atoms with Gasteiger partial charge in [0.15, 0.2) is 4.80 Å². The normalized spacial score (nSPS) is 12.0. The summed E-state index contributed by atoms with van der Waals surface area (Å²) >= 11 is 2.94. The Balaban J connectivity index is 1.99. The van der Waals surface area contributed by atoms with Crippen LogP contribution in [0.15, 0.2) is 46.8 Å². The number of carbonyl (C=O) groups excluding carboxylic acids is 2. The molecule has 8 heteroatoms. The Labute approximate surface area is 164 Å². The Bertz CT molecular complexity index is 1050. The first kappa shape index (κ1) is 19.1. The van der Waals surface area contributed by atoms with Crippen LogP contribution in [0, 0.1) is 0 Å². The molecule has 0 atom stereocenters. The van der Waals surface area contributed by atoms with Crippen LogP contribution in [0.5, 0.6) is 5.75 Å². The summed E-state index contributed by atoms with van der Waals surface area (Å²) in [6.07, 6.45) is 3.37. The minimum absolute atomic E-state index is 0.186. The van der Waals surface area contributed by atoms with Crippen molar-refractivity contribution in [1.29, 1.82) is 0 Å². The molecule has 0 aliphatic carbocycles. The van der Waals surface area contributed by atoms with Crippen molar-refractivity contribution in [1.82, 2.24) is 4.57 Å². The number of aryl methyl sites for hydroxylation is 1. The van der Waals surface area contributed by atoms with E-state index < -0.39 is 0 Å². The predicted molar refractivity (Wildman–Crippen MR) is 107 cm³/mol. The van der Waals surface area contributed by atoms with Crippen LogP contribution < -0.4 is 9.54 Å². The van der Waals surface area contributed by atoms with Crippen LogP contribution in [0.4, 0.5) is 0 Å². The van der Waals surface area contributed by atoms with Crippen LogP contribution in [0.2, 0.25) is 0 Å². The van der Waals surface area contributed by atoms with E-state index >= 15 is 0 Å². The third-order valence-corrected chi connectivity index (χ3v) is 5.69. The summed E-state index contributed by atoms with van der Waals surface area (Å²) in [6, 6.07) is 9.49. The number of benzene rings is 1. The number of nitrogens with zero attached hydrogens (tertiary/aromatic N) is 2. The fourth-order valence-corrected chi connectivity index (χ4v) is 4.11. The van der Waals surface area contributed by atoms with Gasteiger partial charge in [0.2, 0.25) is 0 Å². The highest BCUT2D eigenvalue weighted by Gasteiger charge is 2.10. The van der Waals surface area contributed by atoms with Crippen molar-refractivity contribution in [3.8, 4) is 5.75 Å². The Kier molecular flexibility index (Phi) is 6.20. The molecular weight excluding hydrogens is 384 g/mol. The largest absolute Gasteiger partial charge is 0.497 e. The van der Waals surface area contributed by atoms with E-state index in [0.29, 0.717) is 17.1 Å². The topological polar surface area (TPSA) is 69.9 Å². The van der Waals surface area contributed by atoms with Gasteiger partial charge in [-0.2, -0.15) is 4.99 Å². The summed E-state index contributed by atoms with van der Waals surface area (Å²) in [6.45, 7) is 0.362. The second kappa shape index (κ2) is 8.79. The maximum absolute atomic E-state index is 12.3. The number of thiophene rings is 1. The third-order valence-electron chi connectivity index (χ3n) is 3.80. The van der Waals surface area contributed by atoms with Crippen LogP contribution in [-0.4, -0.2) is 30.7 Å². The first-order valence-corrected chi connectivity index (χ1v) is 9.85. The van der Waals surface area contributed by atoms with Gasteiger partial charge in [-0.25, -0.2) is 0 Å². The van der Waals surface area contributed by atoms with Gasteiger partial charge in [-0.1, -0.05) is 17.4 Å². The fraction of sp³-hybridized carbons (Fsp3) is 0.211. The van der Waals surface area contributed by atoms with Gasteiger partial charge in [-0.3, -0.25) is 9.59 Å². The minimum Gasteiger partial charge on any atom is -0.497 e. The van der Waals surface area contributed by atoms with Crippen LogP contribution in [-0.2, 0) is 20.9 Å². The number of rotatable bonds is 6. The zero-order chi connectivity index (χ0) is 19.2. The number of esters is 1. The first-order valence-electron chi connectivity index (χ1n) is 8.15. The summed E-state index contributed by atoms with van der Waals surface area (Å²) in [5, 5.41) is 1.95. The van der Waals surface area contributed by atoms with Crippen molar-refractivity contribution < 1.29 is 19.1 Å². The van der Waals surface area contributed by atoms with Gasteiger partial charge in [0.05, 0.1) is 30.9 Å². The van der Waals surface area contributed by atoms with Crippen molar-refractivity contribution in [3.05, 3.63) is 51.5 Å². The first-order chi connectivity index (χ1) is 13.1. The third kappa shape index (κ3) is 4.72. The lowest BCUT2D eigenvalue weighted by Crippen LogP contribution is -2.18. The fourth-order valence-electron chi connectivity index (χ4n) is 2.45. The second-order valence-electron chi connectivity index (χ2n) is 5.49. The van der Waals surface area contributed by atoms with E-state index in [4.69, 9.17) is 9.47 Å². The molecule has 1 amide bonds. The molecule has 0 aliphatic heterocycles. The van der Waals surface area contributed by atoms with Gasteiger partial charge in [0.1, 0.15) is 5.75 Å². The molecule has 1 aromatic carbocycles. The molecule has 0 spiro atoms. The van der Waals surface area contributed by atoms with Crippen LogP contribution in [0.3, 0.4) is 0 Å². The molecular formula is C19H18N2O4S2. The van der Waals surface area contributed by atoms with E-state index in [1.807, 2.05) is 40.3 Å². The molecule has 0 bridgehead atoms. The number of hydrogen-bond donors (Lipinski definition) is 0.